The van der Waals surface area contributed by atoms with E-state index in [4.69, 9.17) is 9.15 Å². The van der Waals surface area contributed by atoms with E-state index in [-0.39, 0.29) is 18.6 Å². The average Bonchev–Trinajstić information content (AvgIpc) is 3.40. The van der Waals surface area contributed by atoms with Crippen molar-refractivity contribution in [3.8, 4) is 5.75 Å². The number of nitrogens with one attached hydrogen (secondary N) is 2. The summed E-state index contributed by atoms with van der Waals surface area (Å²) < 4.78 is 35.0. The molecule has 1 atom stereocenters. The summed E-state index contributed by atoms with van der Waals surface area (Å²) >= 11 is 0. The quantitative estimate of drug-likeness (QED) is 0.684. The summed E-state index contributed by atoms with van der Waals surface area (Å²) in [5.41, 5.74) is 0.768. The lowest BCUT2D eigenvalue weighted by Crippen LogP contribution is -2.41. The van der Waals surface area contributed by atoms with Crippen molar-refractivity contribution in [3.05, 3.63) is 54.0 Å². The smallest absolute Gasteiger partial charge is 0.315 e. The van der Waals surface area contributed by atoms with E-state index in [1.54, 1.807) is 30.5 Å². The highest BCUT2D eigenvalue weighted by Gasteiger charge is 2.25. The van der Waals surface area contributed by atoms with Crippen LogP contribution in [0.1, 0.15) is 30.2 Å². The predicted molar refractivity (Wildman–Crippen MR) is 100 cm³/mol. The summed E-state index contributed by atoms with van der Waals surface area (Å²) in [6, 6.07) is 10.2. The molecule has 1 fully saturated rings. The number of carbonyl (C=O) groups is 1. The zero-order valence-corrected chi connectivity index (χ0v) is 15.6. The number of furan rings is 1. The molecule has 6 nitrogen and oxygen atoms in total. The van der Waals surface area contributed by atoms with E-state index in [1.165, 1.54) is 0 Å². The molecule has 0 aliphatic carbocycles. The van der Waals surface area contributed by atoms with Crippen LogP contribution in [0.2, 0.25) is 0 Å². The molecule has 2 aromatic rings. The number of amides is 2. The van der Waals surface area contributed by atoms with Crippen LogP contribution >= 0.6 is 0 Å². The highest BCUT2D eigenvalue weighted by Crippen LogP contribution is 2.24. The molecular formula is C20H25F2N3O3. The van der Waals surface area contributed by atoms with Gasteiger partial charge in [-0.2, -0.15) is 0 Å². The van der Waals surface area contributed by atoms with Crippen molar-refractivity contribution in [1.82, 2.24) is 15.5 Å². The SMILES string of the molecule is O=C(NCc1cccc(OCC(F)F)c1)NCC(c1ccco1)N1CCCC1. The van der Waals surface area contributed by atoms with E-state index in [9.17, 15) is 13.6 Å². The lowest BCUT2D eigenvalue weighted by molar-refractivity contribution is 0.0818. The van der Waals surface area contributed by atoms with E-state index < -0.39 is 13.0 Å². The lowest BCUT2D eigenvalue weighted by Gasteiger charge is -2.26. The minimum atomic E-state index is -2.52. The first kappa shape index (κ1) is 20.1. The average molecular weight is 393 g/mol. The molecule has 1 aliphatic heterocycles. The molecule has 2 heterocycles. The van der Waals surface area contributed by atoms with Gasteiger partial charge in [-0.3, -0.25) is 4.90 Å². The molecule has 1 unspecified atom stereocenters. The molecule has 0 spiro atoms. The number of benzene rings is 1. The van der Waals surface area contributed by atoms with Crippen molar-refractivity contribution >= 4 is 6.03 Å². The number of ether oxygens (including phenoxy) is 1. The summed E-state index contributed by atoms with van der Waals surface area (Å²) in [5, 5.41) is 5.67. The number of likely N-dealkylation sites (tertiary alicyclic amines) is 1. The van der Waals surface area contributed by atoms with Gasteiger partial charge in [0.2, 0.25) is 0 Å². The van der Waals surface area contributed by atoms with E-state index in [0.717, 1.165) is 37.3 Å². The molecule has 2 N–H and O–H groups in total. The number of nitrogens with zero attached hydrogens (tertiary/aromatic N) is 1. The minimum Gasteiger partial charge on any atom is -0.488 e. The molecule has 1 aliphatic rings. The molecule has 2 amide bonds. The number of carbonyl (C=O) groups excluding carboxylic acids is 1. The second kappa shape index (κ2) is 10.1. The van der Waals surface area contributed by atoms with Crippen molar-refractivity contribution in [1.29, 1.82) is 0 Å². The lowest BCUT2D eigenvalue weighted by atomic mass is 10.2. The number of rotatable bonds is 9. The predicted octanol–water partition coefficient (Wildman–Crippen LogP) is 3.56. The molecule has 1 saturated heterocycles. The van der Waals surface area contributed by atoms with Crippen molar-refractivity contribution in [2.24, 2.45) is 0 Å². The molecule has 152 valence electrons. The Balaban J connectivity index is 1.48. The first-order valence-electron chi connectivity index (χ1n) is 9.41. The van der Waals surface area contributed by atoms with Crippen LogP contribution in [0.4, 0.5) is 13.6 Å². The first-order chi connectivity index (χ1) is 13.6. The highest BCUT2D eigenvalue weighted by atomic mass is 19.3. The van der Waals surface area contributed by atoms with Gasteiger partial charge in [-0.05, 0) is 55.8 Å². The zero-order valence-electron chi connectivity index (χ0n) is 15.6. The van der Waals surface area contributed by atoms with Gasteiger partial charge in [-0.15, -0.1) is 0 Å². The van der Waals surface area contributed by atoms with Crippen LogP contribution in [0.25, 0.3) is 0 Å². The Labute approximate surface area is 162 Å². The normalized spacial score (nSPS) is 15.5. The maximum atomic E-state index is 12.2. The summed E-state index contributed by atoms with van der Waals surface area (Å²) in [5.74, 6) is 1.19. The van der Waals surface area contributed by atoms with Gasteiger partial charge in [0.15, 0.2) is 0 Å². The summed E-state index contributed by atoms with van der Waals surface area (Å²) in [6.45, 7) is 2.03. The first-order valence-corrected chi connectivity index (χ1v) is 9.41. The number of urea groups is 1. The Bertz CT molecular complexity index is 734. The van der Waals surface area contributed by atoms with Gasteiger partial charge in [0.25, 0.3) is 6.43 Å². The van der Waals surface area contributed by atoms with Gasteiger partial charge in [-0.1, -0.05) is 12.1 Å². The maximum absolute atomic E-state index is 12.2. The molecule has 8 heteroatoms. The number of halogens is 2. The highest BCUT2D eigenvalue weighted by molar-refractivity contribution is 5.73. The summed E-state index contributed by atoms with van der Waals surface area (Å²) in [7, 11) is 0. The third-order valence-electron chi connectivity index (χ3n) is 4.64. The molecule has 0 saturated carbocycles. The van der Waals surface area contributed by atoms with Gasteiger partial charge in [0, 0.05) is 13.1 Å². The standard InChI is InChI=1S/C20H25F2N3O3/c21-19(22)14-28-16-6-3-5-15(11-16)12-23-20(26)24-13-17(18-7-4-10-27-18)25-8-1-2-9-25/h3-7,10-11,17,19H,1-2,8-9,12-14H2,(H2,23,24,26). The van der Waals surface area contributed by atoms with Crippen molar-refractivity contribution in [2.45, 2.75) is 31.9 Å². The molecule has 3 rings (SSSR count). The van der Waals surface area contributed by atoms with Gasteiger partial charge in [0.1, 0.15) is 18.1 Å². The number of alkyl halides is 2. The summed E-state index contributed by atoms with van der Waals surface area (Å²) in [4.78, 5) is 14.5. The van der Waals surface area contributed by atoms with Crippen LogP contribution in [-0.2, 0) is 6.54 Å². The van der Waals surface area contributed by atoms with E-state index in [2.05, 4.69) is 15.5 Å². The molecule has 1 aromatic heterocycles. The van der Waals surface area contributed by atoms with Crippen LogP contribution in [0.5, 0.6) is 5.75 Å². The third kappa shape index (κ3) is 5.95. The van der Waals surface area contributed by atoms with Crippen molar-refractivity contribution < 1.29 is 22.7 Å². The Hall–Kier alpha value is -2.61. The number of hydrogen-bond acceptors (Lipinski definition) is 4. The fraction of sp³-hybridized carbons (Fsp3) is 0.450. The van der Waals surface area contributed by atoms with Gasteiger partial charge >= 0.3 is 6.03 Å². The molecule has 0 bridgehead atoms. The van der Waals surface area contributed by atoms with Crippen LogP contribution in [0, 0.1) is 0 Å². The Morgan fingerprint density at radius 2 is 2.00 bits per heavy atom. The van der Waals surface area contributed by atoms with Gasteiger partial charge < -0.3 is 19.8 Å². The Kier molecular flexibility index (Phi) is 7.25. The van der Waals surface area contributed by atoms with Crippen LogP contribution in [0.3, 0.4) is 0 Å². The number of hydrogen-bond donors (Lipinski definition) is 2. The molecular weight excluding hydrogens is 368 g/mol. The third-order valence-corrected chi connectivity index (χ3v) is 4.64. The Morgan fingerprint density at radius 1 is 1.18 bits per heavy atom. The van der Waals surface area contributed by atoms with E-state index >= 15 is 0 Å². The molecule has 28 heavy (non-hydrogen) atoms. The monoisotopic (exact) mass is 393 g/mol. The molecule has 0 radical (unpaired) electrons. The maximum Gasteiger partial charge on any atom is 0.315 e. The topological polar surface area (TPSA) is 66.7 Å². The van der Waals surface area contributed by atoms with Crippen LogP contribution in [0.15, 0.2) is 47.1 Å². The largest absolute Gasteiger partial charge is 0.488 e. The van der Waals surface area contributed by atoms with Gasteiger partial charge in [0.05, 0.1) is 12.3 Å². The summed E-state index contributed by atoms with van der Waals surface area (Å²) in [6.07, 6.45) is 1.41. The minimum absolute atomic E-state index is 0.00863. The second-order valence-electron chi connectivity index (χ2n) is 6.69. The van der Waals surface area contributed by atoms with Gasteiger partial charge in [-0.25, -0.2) is 13.6 Å². The second-order valence-corrected chi connectivity index (χ2v) is 6.69. The van der Waals surface area contributed by atoms with Crippen LogP contribution < -0.4 is 15.4 Å². The van der Waals surface area contributed by atoms with E-state index in [0.29, 0.717) is 12.3 Å². The Morgan fingerprint density at radius 3 is 2.71 bits per heavy atom. The fourth-order valence-electron chi connectivity index (χ4n) is 3.28. The van der Waals surface area contributed by atoms with Crippen molar-refractivity contribution in [3.63, 3.8) is 0 Å². The zero-order chi connectivity index (χ0) is 19.8. The van der Waals surface area contributed by atoms with Crippen molar-refractivity contribution in [2.75, 3.05) is 26.2 Å². The fourth-order valence-corrected chi connectivity index (χ4v) is 3.28. The molecule has 1 aromatic carbocycles. The van der Waals surface area contributed by atoms with E-state index in [1.807, 2.05) is 12.1 Å². The van der Waals surface area contributed by atoms with Crippen LogP contribution in [-0.4, -0.2) is 43.6 Å².